The molecule has 0 unspecified atom stereocenters. The first kappa shape index (κ1) is 22.2. The van der Waals surface area contributed by atoms with Crippen molar-refractivity contribution in [1.29, 1.82) is 0 Å². The average molecular weight is 407 g/mol. The zero-order chi connectivity index (χ0) is 20.4. The standard InChI is InChI=1S/C22H27ClO5/c23-19-12-7-13-20(16-19)28-15-5-3-9-18-11-6-10-17(18)8-2-1-4-14-22(26,27)21(24)25/h1-3,6-7,9-10,12-13,16-18,26-27H,4-5,8,11,14-15H2,(H,24,25)/t17-,18-/m0/s1. The molecule has 0 aromatic heterocycles. The van der Waals surface area contributed by atoms with Gasteiger partial charge in [0.05, 0.1) is 6.61 Å². The third-order valence-electron chi connectivity index (χ3n) is 4.65. The zero-order valence-corrected chi connectivity index (χ0v) is 16.5. The molecule has 0 bridgehead atoms. The molecule has 0 heterocycles. The number of hydrogen-bond donors (Lipinski definition) is 3. The van der Waals surface area contributed by atoms with Gasteiger partial charge in [-0.1, -0.05) is 54.1 Å². The zero-order valence-electron chi connectivity index (χ0n) is 15.7. The van der Waals surface area contributed by atoms with Gasteiger partial charge in [0, 0.05) is 11.4 Å². The van der Waals surface area contributed by atoms with Crippen molar-refractivity contribution in [3.8, 4) is 5.75 Å². The van der Waals surface area contributed by atoms with Crippen LogP contribution < -0.4 is 4.74 Å². The maximum atomic E-state index is 10.6. The number of rotatable bonds is 11. The van der Waals surface area contributed by atoms with Crippen molar-refractivity contribution >= 4 is 17.6 Å². The molecule has 2 atom stereocenters. The minimum atomic E-state index is -2.66. The van der Waals surface area contributed by atoms with E-state index in [-0.39, 0.29) is 6.42 Å². The van der Waals surface area contributed by atoms with E-state index in [1.165, 1.54) is 0 Å². The molecule has 1 aliphatic carbocycles. The molecule has 3 N–H and O–H groups in total. The van der Waals surface area contributed by atoms with E-state index in [1.807, 2.05) is 24.3 Å². The highest BCUT2D eigenvalue weighted by Crippen LogP contribution is 2.29. The summed E-state index contributed by atoms with van der Waals surface area (Å²) in [5, 5.41) is 27.8. The van der Waals surface area contributed by atoms with Gasteiger partial charge in [-0.05, 0) is 55.7 Å². The Balaban J connectivity index is 1.67. The highest BCUT2D eigenvalue weighted by Gasteiger charge is 2.31. The molecule has 28 heavy (non-hydrogen) atoms. The first-order chi connectivity index (χ1) is 13.4. The molecule has 0 saturated carbocycles. The van der Waals surface area contributed by atoms with E-state index in [2.05, 4.69) is 24.3 Å². The number of aliphatic carboxylic acids is 1. The van der Waals surface area contributed by atoms with Crippen LogP contribution in [0.15, 0.2) is 60.7 Å². The van der Waals surface area contributed by atoms with E-state index in [0.717, 1.165) is 25.0 Å². The number of benzene rings is 1. The number of carboxylic acid groups (broad SMARTS) is 1. The van der Waals surface area contributed by atoms with Crippen LogP contribution in [0, 0.1) is 11.8 Å². The fourth-order valence-electron chi connectivity index (χ4n) is 3.04. The molecule has 1 aliphatic rings. The molecule has 5 nitrogen and oxygen atoms in total. The molecule has 6 heteroatoms. The Labute approximate surface area is 170 Å². The molecule has 0 radical (unpaired) electrons. The summed E-state index contributed by atoms with van der Waals surface area (Å²) >= 11 is 5.93. The fourth-order valence-corrected chi connectivity index (χ4v) is 3.22. The number of carboxylic acids is 1. The average Bonchev–Trinajstić information content (AvgIpc) is 3.08. The van der Waals surface area contributed by atoms with Crippen molar-refractivity contribution in [2.75, 3.05) is 6.61 Å². The molecule has 1 aromatic carbocycles. The summed E-state index contributed by atoms with van der Waals surface area (Å²) in [6, 6.07) is 7.35. The maximum absolute atomic E-state index is 10.6. The fraction of sp³-hybridized carbons (Fsp3) is 0.409. The largest absolute Gasteiger partial charge is 0.493 e. The number of allylic oxidation sites excluding steroid dienone is 5. The smallest absolute Gasteiger partial charge is 0.364 e. The van der Waals surface area contributed by atoms with E-state index in [9.17, 15) is 15.0 Å². The van der Waals surface area contributed by atoms with E-state index in [4.69, 9.17) is 21.4 Å². The Bertz CT molecular complexity index is 723. The lowest BCUT2D eigenvalue weighted by atomic mass is 9.91. The topological polar surface area (TPSA) is 87.0 Å². The molecular weight excluding hydrogens is 380 g/mol. The van der Waals surface area contributed by atoms with Gasteiger partial charge >= 0.3 is 5.97 Å². The van der Waals surface area contributed by atoms with Crippen molar-refractivity contribution < 1.29 is 24.9 Å². The summed E-state index contributed by atoms with van der Waals surface area (Å²) in [5.41, 5.74) is 0. The number of hydrogen-bond acceptors (Lipinski definition) is 4. The van der Waals surface area contributed by atoms with Gasteiger partial charge in [0.15, 0.2) is 0 Å². The van der Waals surface area contributed by atoms with Crippen LogP contribution in [0.3, 0.4) is 0 Å². The van der Waals surface area contributed by atoms with Crippen LogP contribution in [-0.2, 0) is 4.79 Å². The van der Waals surface area contributed by atoms with Crippen molar-refractivity contribution in [3.05, 3.63) is 65.7 Å². The summed E-state index contributed by atoms with van der Waals surface area (Å²) in [5.74, 6) is -2.68. The molecular formula is C22H27ClO5. The SMILES string of the molecule is O=C(O)C(O)(O)CCC=CC[C@H]1C=CC[C@@H]1C=CCCOc1cccc(Cl)c1. The molecule has 0 amide bonds. The number of halogens is 1. The third-order valence-corrected chi connectivity index (χ3v) is 4.89. The first-order valence-electron chi connectivity index (χ1n) is 9.43. The number of aliphatic hydroxyl groups is 2. The van der Waals surface area contributed by atoms with Gasteiger partial charge in [-0.15, -0.1) is 0 Å². The van der Waals surface area contributed by atoms with Crippen molar-refractivity contribution in [2.24, 2.45) is 11.8 Å². The monoisotopic (exact) mass is 406 g/mol. The Morgan fingerprint density at radius 3 is 2.82 bits per heavy atom. The van der Waals surface area contributed by atoms with Crippen LogP contribution in [0.2, 0.25) is 5.02 Å². The number of ether oxygens (including phenoxy) is 1. The van der Waals surface area contributed by atoms with Crippen LogP contribution in [0.25, 0.3) is 0 Å². The van der Waals surface area contributed by atoms with Crippen molar-refractivity contribution in [3.63, 3.8) is 0 Å². The third kappa shape index (κ3) is 7.50. The summed E-state index contributed by atoms with van der Waals surface area (Å²) < 4.78 is 5.67. The summed E-state index contributed by atoms with van der Waals surface area (Å²) in [4.78, 5) is 10.6. The highest BCUT2D eigenvalue weighted by molar-refractivity contribution is 6.30. The van der Waals surface area contributed by atoms with Crippen LogP contribution in [0.4, 0.5) is 0 Å². The van der Waals surface area contributed by atoms with Gasteiger partial charge < -0.3 is 20.1 Å². The first-order valence-corrected chi connectivity index (χ1v) is 9.81. The summed E-state index contributed by atoms with van der Waals surface area (Å²) in [6.45, 7) is 0.592. The predicted molar refractivity (Wildman–Crippen MR) is 109 cm³/mol. The van der Waals surface area contributed by atoms with Gasteiger partial charge in [0.2, 0.25) is 0 Å². The Morgan fingerprint density at radius 1 is 1.25 bits per heavy atom. The van der Waals surface area contributed by atoms with Crippen LogP contribution in [-0.4, -0.2) is 33.7 Å². The minimum absolute atomic E-state index is 0.227. The van der Waals surface area contributed by atoms with Gasteiger partial charge in [0.25, 0.3) is 5.79 Å². The normalized spacial score (nSPS) is 19.7. The Hall–Kier alpha value is -2.08. The molecule has 152 valence electrons. The van der Waals surface area contributed by atoms with E-state index < -0.39 is 11.8 Å². The van der Waals surface area contributed by atoms with Crippen LogP contribution in [0.5, 0.6) is 5.75 Å². The van der Waals surface area contributed by atoms with E-state index >= 15 is 0 Å². The van der Waals surface area contributed by atoms with E-state index in [0.29, 0.717) is 29.9 Å². The quantitative estimate of drug-likeness (QED) is 0.289. The predicted octanol–water partition coefficient (Wildman–Crippen LogP) is 4.35. The Morgan fingerprint density at radius 2 is 2.07 bits per heavy atom. The molecule has 0 saturated heterocycles. The number of carbonyl (C=O) groups is 1. The minimum Gasteiger partial charge on any atom is -0.493 e. The van der Waals surface area contributed by atoms with Gasteiger partial charge in [-0.25, -0.2) is 4.79 Å². The second kappa shape index (κ2) is 11.1. The van der Waals surface area contributed by atoms with Gasteiger partial charge in [0.1, 0.15) is 5.75 Å². The van der Waals surface area contributed by atoms with Crippen LogP contribution >= 0.6 is 11.6 Å². The maximum Gasteiger partial charge on any atom is 0.364 e. The molecule has 0 aliphatic heterocycles. The second-order valence-electron chi connectivity index (χ2n) is 6.88. The van der Waals surface area contributed by atoms with Crippen molar-refractivity contribution in [2.45, 2.75) is 37.9 Å². The lowest BCUT2D eigenvalue weighted by Gasteiger charge is -2.15. The summed E-state index contributed by atoms with van der Waals surface area (Å²) in [7, 11) is 0. The molecule has 1 aromatic rings. The van der Waals surface area contributed by atoms with Crippen LogP contribution in [0.1, 0.15) is 32.1 Å². The second-order valence-corrected chi connectivity index (χ2v) is 7.32. The van der Waals surface area contributed by atoms with Crippen molar-refractivity contribution in [1.82, 2.24) is 0 Å². The lowest BCUT2D eigenvalue weighted by Crippen LogP contribution is -2.37. The van der Waals surface area contributed by atoms with Gasteiger partial charge in [-0.3, -0.25) is 0 Å². The van der Waals surface area contributed by atoms with Gasteiger partial charge in [-0.2, -0.15) is 0 Å². The van der Waals surface area contributed by atoms with E-state index in [1.54, 1.807) is 12.1 Å². The summed E-state index contributed by atoms with van der Waals surface area (Å²) in [6.07, 6.45) is 15.2. The molecule has 0 fully saturated rings. The molecule has 0 spiro atoms. The lowest BCUT2D eigenvalue weighted by molar-refractivity contribution is -0.205. The highest BCUT2D eigenvalue weighted by atomic mass is 35.5. The molecule has 2 rings (SSSR count). The Kier molecular flexibility index (Phi) is 8.77.